The largest absolute Gasteiger partial charge is 0.313 e. The first-order valence-electron chi connectivity index (χ1n) is 9.05. The topological polar surface area (TPSA) is 12.0 Å². The minimum absolute atomic E-state index is 0.446. The van der Waals surface area contributed by atoms with Crippen molar-refractivity contribution in [1.29, 1.82) is 0 Å². The van der Waals surface area contributed by atoms with Gasteiger partial charge in [-0.3, -0.25) is 0 Å². The molecule has 0 amide bonds. The number of benzene rings is 1. The average Bonchev–Trinajstić information content (AvgIpc) is 3.32. The highest BCUT2D eigenvalue weighted by Gasteiger charge is 2.52. The molecular formula is C20H31N. The van der Waals surface area contributed by atoms with E-state index in [4.69, 9.17) is 0 Å². The van der Waals surface area contributed by atoms with E-state index < -0.39 is 0 Å². The minimum Gasteiger partial charge on any atom is -0.313 e. The number of hydrogen-bond acceptors (Lipinski definition) is 1. The first kappa shape index (κ1) is 15.1. The summed E-state index contributed by atoms with van der Waals surface area (Å²) < 4.78 is 0. The fourth-order valence-electron chi connectivity index (χ4n) is 4.42. The molecule has 0 radical (unpaired) electrons. The third-order valence-electron chi connectivity index (χ3n) is 5.88. The van der Waals surface area contributed by atoms with Crippen molar-refractivity contribution >= 4 is 0 Å². The fraction of sp³-hybridized carbons (Fsp3) is 0.700. The summed E-state index contributed by atoms with van der Waals surface area (Å²) in [5, 5.41) is 3.96. The van der Waals surface area contributed by atoms with Gasteiger partial charge < -0.3 is 5.32 Å². The summed E-state index contributed by atoms with van der Waals surface area (Å²) in [7, 11) is 0. The van der Waals surface area contributed by atoms with E-state index in [1.807, 2.05) is 0 Å². The summed E-state index contributed by atoms with van der Waals surface area (Å²) in [5.74, 6) is 1.83. The van der Waals surface area contributed by atoms with E-state index >= 15 is 0 Å². The number of rotatable bonds is 6. The molecular weight excluding hydrogens is 254 g/mol. The first-order chi connectivity index (χ1) is 10.3. The van der Waals surface area contributed by atoms with Crippen molar-refractivity contribution in [3.63, 3.8) is 0 Å². The van der Waals surface area contributed by atoms with Gasteiger partial charge in [0.1, 0.15) is 0 Å². The predicted octanol–water partition coefficient (Wildman–Crippen LogP) is 4.91. The second kappa shape index (κ2) is 6.52. The van der Waals surface area contributed by atoms with E-state index in [9.17, 15) is 0 Å². The smallest absolute Gasteiger partial charge is 0.0192 e. The Morgan fingerprint density at radius 2 is 1.76 bits per heavy atom. The van der Waals surface area contributed by atoms with Gasteiger partial charge in [-0.15, -0.1) is 0 Å². The van der Waals surface area contributed by atoms with Crippen molar-refractivity contribution in [1.82, 2.24) is 5.32 Å². The maximum absolute atomic E-state index is 3.96. The van der Waals surface area contributed by atoms with Crippen LogP contribution in [-0.2, 0) is 5.41 Å². The summed E-state index contributed by atoms with van der Waals surface area (Å²) >= 11 is 0. The molecule has 2 fully saturated rings. The zero-order valence-corrected chi connectivity index (χ0v) is 13.8. The van der Waals surface area contributed by atoms with Crippen LogP contribution in [0.5, 0.6) is 0 Å². The summed E-state index contributed by atoms with van der Waals surface area (Å²) in [4.78, 5) is 0. The summed E-state index contributed by atoms with van der Waals surface area (Å²) in [6.07, 6.45) is 9.72. The molecule has 116 valence electrons. The van der Waals surface area contributed by atoms with E-state index in [2.05, 4.69) is 49.5 Å². The summed E-state index contributed by atoms with van der Waals surface area (Å²) in [6, 6.07) is 12.0. The zero-order chi connectivity index (χ0) is 14.7. The molecule has 0 heterocycles. The molecule has 3 rings (SSSR count). The minimum atomic E-state index is 0.446. The molecule has 2 aliphatic carbocycles. The van der Waals surface area contributed by atoms with E-state index in [0.717, 1.165) is 11.8 Å². The Morgan fingerprint density at radius 1 is 1.10 bits per heavy atom. The van der Waals surface area contributed by atoms with Gasteiger partial charge >= 0.3 is 0 Å². The third kappa shape index (κ3) is 3.18. The lowest BCUT2D eigenvalue weighted by Crippen LogP contribution is -2.47. The van der Waals surface area contributed by atoms with Crippen LogP contribution in [0.2, 0.25) is 0 Å². The van der Waals surface area contributed by atoms with E-state index in [-0.39, 0.29) is 0 Å². The molecule has 1 unspecified atom stereocenters. The van der Waals surface area contributed by atoms with Gasteiger partial charge in [-0.2, -0.15) is 0 Å². The van der Waals surface area contributed by atoms with Crippen molar-refractivity contribution in [3.8, 4) is 0 Å². The van der Waals surface area contributed by atoms with Crippen LogP contribution in [0.1, 0.15) is 64.4 Å². The Hall–Kier alpha value is -0.820. The maximum atomic E-state index is 3.96. The Balaban J connectivity index is 1.79. The van der Waals surface area contributed by atoms with Crippen molar-refractivity contribution in [2.45, 2.75) is 70.3 Å². The lowest BCUT2D eigenvalue weighted by atomic mass is 9.72. The van der Waals surface area contributed by atoms with Gasteiger partial charge in [0.2, 0.25) is 0 Å². The summed E-state index contributed by atoms with van der Waals surface area (Å²) in [6.45, 7) is 5.88. The molecule has 1 atom stereocenters. The van der Waals surface area contributed by atoms with Gasteiger partial charge in [0, 0.05) is 11.5 Å². The molecule has 2 aliphatic rings. The molecule has 1 N–H and O–H groups in total. The van der Waals surface area contributed by atoms with Crippen LogP contribution in [0.3, 0.4) is 0 Å². The van der Waals surface area contributed by atoms with Gasteiger partial charge in [0.15, 0.2) is 0 Å². The molecule has 1 aromatic rings. The highest BCUT2D eigenvalue weighted by Crippen LogP contribution is 2.54. The molecule has 21 heavy (non-hydrogen) atoms. The second-order valence-electron chi connectivity index (χ2n) is 7.47. The highest BCUT2D eigenvalue weighted by molar-refractivity contribution is 5.34. The molecule has 0 bridgehead atoms. The number of nitrogens with one attached hydrogen (secondary N) is 1. The Labute approximate surface area is 130 Å². The molecule has 1 aromatic carbocycles. The van der Waals surface area contributed by atoms with Crippen LogP contribution >= 0.6 is 0 Å². The lowest BCUT2D eigenvalue weighted by Gasteiger charge is -2.39. The van der Waals surface area contributed by atoms with Gasteiger partial charge in [-0.25, -0.2) is 0 Å². The molecule has 0 saturated heterocycles. The normalized spacial score (nSPS) is 29.0. The van der Waals surface area contributed by atoms with Crippen LogP contribution in [0.25, 0.3) is 0 Å². The van der Waals surface area contributed by atoms with Gasteiger partial charge in [0.25, 0.3) is 0 Å². The number of hydrogen-bond donors (Lipinski definition) is 1. The van der Waals surface area contributed by atoms with Gasteiger partial charge in [-0.05, 0) is 56.0 Å². The van der Waals surface area contributed by atoms with Crippen molar-refractivity contribution in [3.05, 3.63) is 35.9 Å². The Morgan fingerprint density at radius 3 is 2.33 bits per heavy atom. The Bertz CT molecular complexity index is 426. The Kier molecular flexibility index (Phi) is 4.69. The maximum Gasteiger partial charge on any atom is 0.0192 e. The second-order valence-corrected chi connectivity index (χ2v) is 7.47. The molecule has 1 nitrogen and oxygen atoms in total. The van der Waals surface area contributed by atoms with Crippen LogP contribution in [-0.4, -0.2) is 12.6 Å². The molecule has 0 aliphatic heterocycles. The van der Waals surface area contributed by atoms with Gasteiger partial charge in [0.05, 0.1) is 0 Å². The van der Waals surface area contributed by atoms with Crippen LogP contribution < -0.4 is 5.32 Å². The average molecular weight is 285 g/mol. The standard InChI is InChI=1S/C20H31N/c1-3-15-21-19(17-11-9-16(2)10-12-17)20(13-14-20)18-7-5-4-6-8-18/h4-8,16-17,19,21H,3,9-15H2,1-2H3. The highest BCUT2D eigenvalue weighted by atomic mass is 15.0. The van der Waals surface area contributed by atoms with E-state index in [0.29, 0.717) is 11.5 Å². The third-order valence-corrected chi connectivity index (χ3v) is 5.88. The summed E-state index contributed by atoms with van der Waals surface area (Å²) in [5.41, 5.74) is 2.03. The van der Waals surface area contributed by atoms with Crippen LogP contribution in [0, 0.1) is 11.8 Å². The SMILES string of the molecule is CCCNC(C1CCC(C)CC1)C1(c2ccccc2)CC1. The molecule has 0 spiro atoms. The van der Waals surface area contributed by atoms with Crippen LogP contribution in [0.4, 0.5) is 0 Å². The van der Waals surface area contributed by atoms with E-state index in [1.54, 1.807) is 5.56 Å². The monoisotopic (exact) mass is 285 g/mol. The van der Waals surface area contributed by atoms with Crippen molar-refractivity contribution < 1.29 is 0 Å². The zero-order valence-electron chi connectivity index (χ0n) is 13.8. The fourth-order valence-corrected chi connectivity index (χ4v) is 4.42. The predicted molar refractivity (Wildman–Crippen MR) is 90.6 cm³/mol. The van der Waals surface area contributed by atoms with Crippen molar-refractivity contribution in [2.24, 2.45) is 11.8 Å². The van der Waals surface area contributed by atoms with E-state index in [1.165, 1.54) is 51.5 Å². The molecule has 1 heteroatoms. The molecule has 2 saturated carbocycles. The van der Waals surface area contributed by atoms with Crippen LogP contribution in [0.15, 0.2) is 30.3 Å². The quantitative estimate of drug-likeness (QED) is 0.783. The van der Waals surface area contributed by atoms with Crippen molar-refractivity contribution in [2.75, 3.05) is 6.54 Å². The van der Waals surface area contributed by atoms with Gasteiger partial charge in [-0.1, -0.05) is 57.0 Å². The first-order valence-corrected chi connectivity index (χ1v) is 9.05. The lowest BCUT2D eigenvalue weighted by molar-refractivity contribution is 0.201. The molecule has 0 aromatic heterocycles.